The van der Waals surface area contributed by atoms with Gasteiger partial charge in [0.1, 0.15) is 11.6 Å². The van der Waals surface area contributed by atoms with Gasteiger partial charge in [0.15, 0.2) is 5.78 Å². The van der Waals surface area contributed by atoms with E-state index in [1.165, 1.54) is 13.0 Å². The van der Waals surface area contributed by atoms with Gasteiger partial charge in [-0.1, -0.05) is 24.3 Å². The van der Waals surface area contributed by atoms with Gasteiger partial charge >= 0.3 is 0 Å². The summed E-state index contributed by atoms with van der Waals surface area (Å²) in [5, 5.41) is 3.02. The summed E-state index contributed by atoms with van der Waals surface area (Å²) in [5.74, 6) is -2.12. The Bertz CT molecular complexity index is 672. The van der Waals surface area contributed by atoms with Crippen LogP contribution in [0.4, 0.5) is 14.5 Å². The van der Waals surface area contributed by atoms with Gasteiger partial charge in [-0.2, -0.15) is 0 Å². The van der Waals surface area contributed by atoms with Crippen LogP contribution in [0, 0.1) is 18.6 Å². The molecule has 1 aliphatic heterocycles. The molecule has 0 saturated carbocycles. The molecule has 1 heterocycles. The van der Waals surface area contributed by atoms with Crippen LogP contribution < -0.4 is 5.32 Å². The van der Waals surface area contributed by atoms with E-state index in [-0.39, 0.29) is 5.56 Å². The Labute approximate surface area is 115 Å². The van der Waals surface area contributed by atoms with Crippen LogP contribution in [-0.4, -0.2) is 11.8 Å². The summed E-state index contributed by atoms with van der Waals surface area (Å²) < 4.78 is 27.8. The Morgan fingerprint density at radius 1 is 1.20 bits per heavy atom. The quantitative estimate of drug-likeness (QED) is 0.849. The monoisotopic (exact) mass is 273 g/mol. The van der Waals surface area contributed by atoms with Crippen molar-refractivity contribution in [3.8, 4) is 0 Å². The van der Waals surface area contributed by atoms with Gasteiger partial charge in [-0.15, -0.1) is 0 Å². The van der Waals surface area contributed by atoms with Gasteiger partial charge in [-0.05, 0) is 30.2 Å². The topological polar surface area (TPSA) is 29.1 Å². The molecule has 1 atom stereocenters. The number of carbonyl (C=O) groups excluding carboxylic acids is 1. The number of hydrogen-bond donors (Lipinski definition) is 1. The number of ketones is 1. The van der Waals surface area contributed by atoms with Crippen LogP contribution in [0.2, 0.25) is 0 Å². The maximum absolute atomic E-state index is 14.0. The second-order valence-electron chi connectivity index (χ2n) is 4.98. The summed E-state index contributed by atoms with van der Waals surface area (Å²) in [7, 11) is 0. The lowest BCUT2D eigenvalue weighted by atomic mass is 9.98. The van der Waals surface area contributed by atoms with Crippen LogP contribution in [0.3, 0.4) is 0 Å². The van der Waals surface area contributed by atoms with Crippen molar-refractivity contribution in [3.05, 3.63) is 64.7 Å². The van der Waals surface area contributed by atoms with Crippen LogP contribution in [0.15, 0.2) is 36.4 Å². The molecule has 0 amide bonds. The van der Waals surface area contributed by atoms with Crippen molar-refractivity contribution in [1.82, 2.24) is 0 Å². The highest BCUT2D eigenvalue weighted by Crippen LogP contribution is 2.28. The van der Waals surface area contributed by atoms with E-state index in [9.17, 15) is 13.6 Å². The molecular weight excluding hydrogens is 260 g/mol. The molecule has 3 rings (SSSR count). The van der Waals surface area contributed by atoms with E-state index in [0.29, 0.717) is 6.42 Å². The smallest absolute Gasteiger partial charge is 0.191 e. The molecule has 0 spiro atoms. The van der Waals surface area contributed by atoms with Gasteiger partial charge < -0.3 is 5.32 Å². The van der Waals surface area contributed by atoms with Crippen molar-refractivity contribution >= 4 is 11.5 Å². The maximum Gasteiger partial charge on any atom is 0.191 e. The SMILES string of the molecule is Cc1ccc(F)c(C(=O)C2Cc3ccccc3N2)c1F. The lowest BCUT2D eigenvalue weighted by molar-refractivity contribution is 0.0963. The Kier molecular flexibility index (Phi) is 3.01. The lowest BCUT2D eigenvalue weighted by Crippen LogP contribution is -2.29. The predicted octanol–water partition coefficient (Wildman–Crippen LogP) is 3.49. The zero-order valence-corrected chi connectivity index (χ0v) is 10.9. The zero-order chi connectivity index (χ0) is 14.3. The fraction of sp³-hybridized carbons (Fsp3) is 0.188. The lowest BCUT2D eigenvalue weighted by Gasteiger charge is -2.12. The van der Waals surface area contributed by atoms with Crippen LogP contribution in [-0.2, 0) is 6.42 Å². The number of Topliss-reactive ketones (excluding diaryl/α,β-unsaturated/α-hetero) is 1. The minimum Gasteiger partial charge on any atom is -0.374 e. The Hall–Kier alpha value is -2.23. The van der Waals surface area contributed by atoms with Crippen molar-refractivity contribution in [1.29, 1.82) is 0 Å². The van der Waals surface area contributed by atoms with E-state index in [1.54, 1.807) is 0 Å². The number of hydrogen-bond acceptors (Lipinski definition) is 2. The van der Waals surface area contributed by atoms with Gasteiger partial charge in [-0.3, -0.25) is 4.79 Å². The number of fused-ring (bicyclic) bond motifs is 1. The number of benzene rings is 2. The van der Waals surface area contributed by atoms with Crippen molar-refractivity contribution in [2.24, 2.45) is 0 Å². The molecular formula is C16H13F2NO. The molecule has 0 saturated heterocycles. The van der Waals surface area contributed by atoms with E-state index >= 15 is 0 Å². The first-order valence-electron chi connectivity index (χ1n) is 6.41. The molecule has 4 heteroatoms. The van der Waals surface area contributed by atoms with Crippen LogP contribution >= 0.6 is 0 Å². The second kappa shape index (κ2) is 4.71. The third kappa shape index (κ3) is 1.97. The largest absolute Gasteiger partial charge is 0.374 e. The number of aryl methyl sites for hydroxylation is 1. The van der Waals surface area contributed by atoms with Gasteiger partial charge in [0.05, 0.1) is 11.6 Å². The standard InChI is InChI=1S/C16H13F2NO/c1-9-6-7-11(17)14(15(9)18)16(20)13-8-10-4-2-3-5-12(10)19-13/h2-7,13,19H,8H2,1H3. The minimum absolute atomic E-state index is 0.269. The van der Waals surface area contributed by atoms with Crippen molar-refractivity contribution in [3.63, 3.8) is 0 Å². The van der Waals surface area contributed by atoms with Gasteiger partial charge in [0, 0.05) is 12.1 Å². The first kappa shape index (κ1) is 12.8. The molecule has 0 bridgehead atoms. The molecule has 20 heavy (non-hydrogen) atoms. The summed E-state index contributed by atoms with van der Waals surface area (Å²) in [4.78, 5) is 12.4. The number of nitrogens with one attached hydrogen (secondary N) is 1. The average Bonchev–Trinajstić information content (AvgIpc) is 2.87. The summed E-state index contributed by atoms with van der Waals surface area (Å²) in [6.07, 6.45) is 0.446. The molecule has 2 nitrogen and oxygen atoms in total. The third-order valence-corrected chi connectivity index (χ3v) is 3.62. The highest BCUT2D eigenvalue weighted by Gasteiger charge is 2.31. The van der Waals surface area contributed by atoms with Crippen LogP contribution in [0.1, 0.15) is 21.5 Å². The number of carbonyl (C=O) groups is 1. The molecule has 1 unspecified atom stereocenters. The van der Waals surface area contributed by atoms with Crippen molar-refractivity contribution < 1.29 is 13.6 Å². The fourth-order valence-electron chi connectivity index (χ4n) is 2.51. The second-order valence-corrected chi connectivity index (χ2v) is 4.98. The number of anilines is 1. The van der Waals surface area contributed by atoms with Gasteiger partial charge in [0.25, 0.3) is 0 Å². The average molecular weight is 273 g/mol. The Morgan fingerprint density at radius 2 is 1.95 bits per heavy atom. The van der Waals surface area contributed by atoms with E-state index < -0.39 is 29.0 Å². The summed E-state index contributed by atoms with van der Waals surface area (Å²) in [6, 6.07) is 9.34. The number of halogens is 2. The molecule has 0 aliphatic carbocycles. The highest BCUT2D eigenvalue weighted by atomic mass is 19.1. The molecule has 102 valence electrons. The van der Waals surface area contributed by atoms with Gasteiger partial charge in [0.2, 0.25) is 0 Å². The highest BCUT2D eigenvalue weighted by molar-refractivity contribution is 6.03. The number of rotatable bonds is 2. The first-order chi connectivity index (χ1) is 9.58. The Balaban J connectivity index is 1.95. The predicted molar refractivity (Wildman–Crippen MR) is 73.0 cm³/mol. The maximum atomic E-state index is 14.0. The third-order valence-electron chi connectivity index (χ3n) is 3.62. The molecule has 0 fully saturated rings. The fourth-order valence-corrected chi connectivity index (χ4v) is 2.51. The van der Waals surface area contributed by atoms with E-state index in [0.717, 1.165) is 17.3 Å². The van der Waals surface area contributed by atoms with Crippen molar-refractivity contribution in [2.45, 2.75) is 19.4 Å². The molecule has 0 aromatic heterocycles. The molecule has 0 radical (unpaired) electrons. The summed E-state index contributed by atoms with van der Waals surface area (Å²) >= 11 is 0. The zero-order valence-electron chi connectivity index (χ0n) is 10.9. The molecule has 1 N–H and O–H groups in total. The van der Waals surface area contributed by atoms with Gasteiger partial charge in [-0.25, -0.2) is 8.78 Å². The normalized spacial score (nSPS) is 16.6. The van der Waals surface area contributed by atoms with E-state index in [1.807, 2.05) is 24.3 Å². The summed E-state index contributed by atoms with van der Waals surface area (Å²) in [5.41, 5.74) is 1.65. The Morgan fingerprint density at radius 3 is 2.70 bits per heavy atom. The molecule has 2 aromatic rings. The molecule has 2 aromatic carbocycles. The van der Waals surface area contributed by atoms with E-state index in [2.05, 4.69) is 5.32 Å². The van der Waals surface area contributed by atoms with Crippen LogP contribution in [0.5, 0.6) is 0 Å². The number of para-hydroxylation sites is 1. The summed E-state index contributed by atoms with van der Waals surface area (Å²) in [6.45, 7) is 1.52. The van der Waals surface area contributed by atoms with E-state index in [4.69, 9.17) is 0 Å². The minimum atomic E-state index is -0.809. The first-order valence-corrected chi connectivity index (χ1v) is 6.41. The molecule has 1 aliphatic rings. The van der Waals surface area contributed by atoms with Crippen molar-refractivity contribution in [2.75, 3.05) is 5.32 Å². The van der Waals surface area contributed by atoms with Crippen LogP contribution in [0.25, 0.3) is 0 Å².